The molecule has 1 N–H and O–H groups in total. The van der Waals surface area contributed by atoms with E-state index in [0.29, 0.717) is 28.7 Å². The van der Waals surface area contributed by atoms with Gasteiger partial charge in [0.15, 0.2) is 0 Å². The molecule has 2 aromatic carbocycles. The highest BCUT2D eigenvalue weighted by molar-refractivity contribution is 6.39. The molecule has 0 unspecified atom stereocenters. The molecule has 1 fully saturated rings. The summed E-state index contributed by atoms with van der Waals surface area (Å²) in [6.07, 6.45) is 0.431. The second-order valence-corrected chi connectivity index (χ2v) is 7.23. The molecule has 0 aromatic heterocycles. The number of hydrogen-bond acceptors (Lipinski definition) is 3. The van der Waals surface area contributed by atoms with E-state index < -0.39 is 0 Å². The van der Waals surface area contributed by atoms with Gasteiger partial charge >= 0.3 is 0 Å². The molecule has 1 aliphatic heterocycles. The molecule has 0 radical (unpaired) electrons. The second-order valence-electron chi connectivity index (χ2n) is 6.42. The van der Waals surface area contributed by atoms with E-state index in [4.69, 9.17) is 23.2 Å². The summed E-state index contributed by atoms with van der Waals surface area (Å²) in [5, 5.41) is 4.31. The Kier molecular flexibility index (Phi) is 6.78. The first kappa shape index (κ1) is 19.0. The van der Waals surface area contributed by atoms with Crippen molar-refractivity contribution in [3.63, 3.8) is 0 Å². The van der Waals surface area contributed by atoms with Crippen LogP contribution in [0.15, 0.2) is 48.5 Å². The van der Waals surface area contributed by atoms with E-state index in [2.05, 4.69) is 34.5 Å². The van der Waals surface area contributed by atoms with Gasteiger partial charge in [0.25, 0.3) is 0 Å². The van der Waals surface area contributed by atoms with Crippen LogP contribution < -0.4 is 5.32 Å². The first-order chi connectivity index (χ1) is 12.6. The smallest absolute Gasteiger partial charge is 0.224 e. The van der Waals surface area contributed by atoms with Crippen LogP contribution in [0.3, 0.4) is 0 Å². The van der Waals surface area contributed by atoms with Crippen molar-refractivity contribution in [3.8, 4) is 0 Å². The molecular formula is C20H23Cl2N3O. The summed E-state index contributed by atoms with van der Waals surface area (Å²) in [5.74, 6) is 0.167. The van der Waals surface area contributed by atoms with Crippen molar-refractivity contribution in [2.45, 2.75) is 13.0 Å². The number of nitrogens with zero attached hydrogens (tertiary/aromatic N) is 2. The van der Waals surface area contributed by atoms with Gasteiger partial charge in [-0.2, -0.15) is 0 Å². The molecule has 0 saturated carbocycles. The molecule has 1 heterocycles. The molecular weight excluding hydrogens is 369 g/mol. The van der Waals surface area contributed by atoms with Crippen LogP contribution in [-0.4, -0.2) is 48.4 Å². The lowest BCUT2D eigenvalue weighted by molar-refractivity contribution is -0.132. The number of benzene rings is 2. The first-order valence-electron chi connectivity index (χ1n) is 8.85. The van der Waals surface area contributed by atoms with Gasteiger partial charge in [-0.1, -0.05) is 59.6 Å². The van der Waals surface area contributed by atoms with E-state index in [1.54, 1.807) is 18.2 Å². The van der Waals surface area contributed by atoms with Gasteiger partial charge in [0.05, 0.1) is 15.7 Å². The third-order valence-corrected chi connectivity index (χ3v) is 5.21. The van der Waals surface area contributed by atoms with Crippen molar-refractivity contribution < 1.29 is 4.79 Å². The number of amides is 1. The molecule has 3 rings (SSSR count). The summed E-state index contributed by atoms with van der Waals surface area (Å²) < 4.78 is 0. The van der Waals surface area contributed by atoms with Gasteiger partial charge in [0.1, 0.15) is 0 Å². The number of rotatable bonds is 6. The van der Waals surface area contributed by atoms with Crippen molar-refractivity contribution in [1.29, 1.82) is 0 Å². The Balaban J connectivity index is 1.41. The van der Waals surface area contributed by atoms with Crippen LogP contribution in [-0.2, 0) is 11.3 Å². The van der Waals surface area contributed by atoms with E-state index in [1.165, 1.54) is 5.56 Å². The van der Waals surface area contributed by atoms with Crippen LogP contribution in [0.2, 0.25) is 10.0 Å². The number of nitrogens with one attached hydrogen (secondary N) is 1. The number of carbonyl (C=O) groups excluding carboxylic acids is 1. The molecule has 4 nitrogen and oxygen atoms in total. The Labute approximate surface area is 164 Å². The molecule has 0 atom stereocenters. The highest BCUT2D eigenvalue weighted by Gasteiger charge is 2.20. The maximum absolute atomic E-state index is 12.4. The van der Waals surface area contributed by atoms with E-state index in [0.717, 1.165) is 32.7 Å². The molecule has 26 heavy (non-hydrogen) atoms. The topological polar surface area (TPSA) is 35.6 Å². The Morgan fingerprint density at radius 1 is 0.923 bits per heavy atom. The third-order valence-electron chi connectivity index (χ3n) is 4.58. The number of halogens is 2. The molecule has 1 aliphatic rings. The Morgan fingerprint density at radius 3 is 2.23 bits per heavy atom. The van der Waals surface area contributed by atoms with E-state index in [9.17, 15) is 4.79 Å². The van der Waals surface area contributed by atoms with Crippen LogP contribution in [0, 0.1) is 0 Å². The number of anilines is 1. The molecule has 6 heteroatoms. The lowest BCUT2D eigenvalue weighted by Crippen LogP contribution is -2.48. The predicted molar refractivity (Wildman–Crippen MR) is 108 cm³/mol. The molecule has 0 spiro atoms. The zero-order valence-corrected chi connectivity index (χ0v) is 16.1. The van der Waals surface area contributed by atoms with Crippen LogP contribution in [0.25, 0.3) is 0 Å². The van der Waals surface area contributed by atoms with Gasteiger partial charge in [0.2, 0.25) is 5.91 Å². The predicted octanol–water partition coefficient (Wildman–Crippen LogP) is 4.14. The average molecular weight is 392 g/mol. The van der Waals surface area contributed by atoms with Crippen molar-refractivity contribution in [1.82, 2.24) is 9.80 Å². The Hall–Kier alpha value is -1.75. The quantitative estimate of drug-likeness (QED) is 0.803. The van der Waals surface area contributed by atoms with Gasteiger partial charge in [-0.15, -0.1) is 0 Å². The van der Waals surface area contributed by atoms with Crippen LogP contribution >= 0.6 is 23.2 Å². The fourth-order valence-electron chi connectivity index (χ4n) is 3.12. The molecule has 1 amide bonds. The first-order valence-corrected chi connectivity index (χ1v) is 9.61. The lowest BCUT2D eigenvalue weighted by Gasteiger charge is -2.34. The lowest BCUT2D eigenvalue weighted by atomic mass is 10.2. The van der Waals surface area contributed by atoms with Crippen molar-refractivity contribution in [2.24, 2.45) is 0 Å². The fourth-order valence-corrected chi connectivity index (χ4v) is 3.65. The average Bonchev–Trinajstić information content (AvgIpc) is 2.65. The minimum atomic E-state index is 0.167. The largest absolute Gasteiger partial charge is 0.382 e. The van der Waals surface area contributed by atoms with Crippen molar-refractivity contribution >= 4 is 34.8 Å². The maximum atomic E-state index is 12.4. The van der Waals surface area contributed by atoms with Gasteiger partial charge in [-0.05, 0) is 17.7 Å². The van der Waals surface area contributed by atoms with Crippen molar-refractivity contribution in [2.75, 3.05) is 38.0 Å². The Bertz CT molecular complexity index is 711. The zero-order valence-electron chi connectivity index (χ0n) is 14.6. The summed E-state index contributed by atoms with van der Waals surface area (Å²) in [6, 6.07) is 15.8. The van der Waals surface area contributed by atoms with Gasteiger partial charge in [-0.3, -0.25) is 9.69 Å². The van der Waals surface area contributed by atoms with Crippen LogP contribution in [0.4, 0.5) is 5.69 Å². The molecule has 1 saturated heterocycles. The van der Waals surface area contributed by atoms with Gasteiger partial charge in [0, 0.05) is 45.7 Å². The second kappa shape index (κ2) is 9.26. The van der Waals surface area contributed by atoms with Gasteiger partial charge < -0.3 is 10.2 Å². The highest BCUT2D eigenvalue weighted by atomic mass is 35.5. The van der Waals surface area contributed by atoms with E-state index in [1.807, 2.05) is 11.0 Å². The van der Waals surface area contributed by atoms with Crippen molar-refractivity contribution in [3.05, 3.63) is 64.1 Å². The number of piperazine rings is 1. The van der Waals surface area contributed by atoms with E-state index in [-0.39, 0.29) is 5.91 Å². The maximum Gasteiger partial charge on any atom is 0.224 e. The minimum absolute atomic E-state index is 0.167. The highest BCUT2D eigenvalue weighted by Crippen LogP contribution is 2.29. The SMILES string of the molecule is O=C(CCNc1c(Cl)cccc1Cl)N1CCN(Cc2ccccc2)CC1. The number of hydrogen-bond donors (Lipinski definition) is 1. The normalized spacial score (nSPS) is 15.1. The fraction of sp³-hybridized carbons (Fsp3) is 0.350. The van der Waals surface area contributed by atoms with Crippen LogP contribution in [0.5, 0.6) is 0 Å². The van der Waals surface area contributed by atoms with Crippen LogP contribution in [0.1, 0.15) is 12.0 Å². The molecule has 0 aliphatic carbocycles. The molecule has 0 bridgehead atoms. The third kappa shape index (κ3) is 5.13. The number of carbonyl (C=O) groups is 1. The zero-order chi connectivity index (χ0) is 18.4. The summed E-state index contributed by atoms with van der Waals surface area (Å²) in [4.78, 5) is 16.8. The molecule has 138 valence electrons. The standard InChI is InChI=1S/C20H23Cl2N3O/c21-17-7-4-8-18(22)20(17)23-10-9-19(26)25-13-11-24(12-14-25)15-16-5-2-1-3-6-16/h1-8,23H,9-15H2. The summed E-state index contributed by atoms with van der Waals surface area (Å²) in [7, 11) is 0. The summed E-state index contributed by atoms with van der Waals surface area (Å²) in [5.41, 5.74) is 2.00. The molecule has 2 aromatic rings. The Morgan fingerprint density at radius 2 is 1.58 bits per heavy atom. The van der Waals surface area contributed by atoms with Gasteiger partial charge in [-0.25, -0.2) is 0 Å². The van der Waals surface area contributed by atoms with E-state index >= 15 is 0 Å². The monoisotopic (exact) mass is 391 g/mol. The minimum Gasteiger partial charge on any atom is -0.382 e. The summed E-state index contributed by atoms with van der Waals surface area (Å²) >= 11 is 12.3. The number of para-hydroxylation sites is 1. The summed E-state index contributed by atoms with van der Waals surface area (Å²) in [6.45, 7) is 4.83.